The Bertz CT molecular complexity index is 752. The van der Waals surface area contributed by atoms with E-state index < -0.39 is 0 Å². The second kappa shape index (κ2) is 8.73. The highest BCUT2D eigenvalue weighted by Crippen LogP contribution is 2.34. The molecule has 0 unspecified atom stereocenters. The maximum absolute atomic E-state index is 12.2. The minimum atomic E-state index is -0.211. The quantitative estimate of drug-likeness (QED) is 0.671. The Labute approximate surface area is 162 Å². The first-order chi connectivity index (χ1) is 12.1. The predicted octanol–water partition coefficient (Wildman–Crippen LogP) is 3.29. The van der Waals surface area contributed by atoms with Gasteiger partial charge in [0.1, 0.15) is 12.3 Å². The first-order valence-electron chi connectivity index (χ1n) is 7.73. The molecule has 3 rings (SSSR count). The molecule has 0 radical (unpaired) electrons. The van der Waals surface area contributed by atoms with Crippen LogP contribution in [0.15, 0.2) is 40.2 Å². The monoisotopic (exact) mass is 440 g/mol. The summed E-state index contributed by atoms with van der Waals surface area (Å²) in [4.78, 5) is 27.1. The van der Waals surface area contributed by atoms with Gasteiger partial charge in [-0.15, -0.1) is 11.3 Å². The van der Waals surface area contributed by atoms with E-state index in [1.165, 1.54) is 9.78 Å². The maximum atomic E-state index is 12.2. The van der Waals surface area contributed by atoms with Crippen LogP contribution in [0.25, 0.3) is 0 Å². The second-order valence-electron chi connectivity index (χ2n) is 5.36. The molecule has 0 spiro atoms. The molecule has 132 valence electrons. The summed E-state index contributed by atoms with van der Waals surface area (Å²) in [6.07, 6.45) is 0. The average Bonchev–Trinajstić information content (AvgIpc) is 3.10. The van der Waals surface area contributed by atoms with Gasteiger partial charge in [0, 0.05) is 27.4 Å². The number of nitrogens with zero attached hydrogens (tertiary/aromatic N) is 1. The highest BCUT2D eigenvalue weighted by molar-refractivity contribution is 9.10. The molecule has 8 heteroatoms. The normalized spacial score (nSPS) is 13.3. The van der Waals surface area contributed by atoms with Crippen molar-refractivity contribution in [3.05, 3.63) is 45.1 Å². The summed E-state index contributed by atoms with van der Waals surface area (Å²) < 4.78 is 6.29. The number of thioether (sulfide) groups is 1. The van der Waals surface area contributed by atoms with Crippen molar-refractivity contribution < 1.29 is 14.3 Å². The molecule has 2 aromatic rings. The Morgan fingerprint density at radius 3 is 3.08 bits per heavy atom. The van der Waals surface area contributed by atoms with Crippen molar-refractivity contribution in [1.82, 2.24) is 5.32 Å². The molecule has 0 saturated carbocycles. The van der Waals surface area contributed by atoms with Gasteiger partial charge in [-0.3, -0.25) is 14.5 Å². The number of ether oxygens (including phenoxy) is 1. The number of benzene rings is 1. The van der Waals surface area contributed by atoms with Crippen LogP contribution in [0.1, 0.15) is 4.88 Å². The number of thiophene rings is 1. The van der Waals surface area contributed by atoms with Crippen molar-refractivity contribution in [3.8, 4) is 5.75 Å². The Morgan fingerprint density at radius 2 is 2.28 bits per heavy atom. The third-order valence-corrected chi connectivity index (χ3v) is 6.12. The van der Waals surface area contributed by atoms with E-state index in [1.54, 1.807) is 35.2 Å². The molecule has 1 N–H and O–H groups in total. The molecule has 1 aliphatic heterocycles. The minimum Gasteiger partial charge on any atom is -0.482 e. The largest absolute Gasteiger partial charge is 0.482 e. The minimum absolute atomic E-state index is 0.00637. The first kappa shape index (κ1) is 18.3. The Kier molecular flexibility index (Phi) is 6.39. The van der Waals surface area contributed by atoms with Gasteiger partial charge in [-0.25, -0.2) is 0 Å². The van der Waals surface area contributed by atoms with E-state index in [9.17, 15) is 9.59 Å². The van der Waals surface area contributed by atoms with Crippen LogP contribution in [0.4, 0.5) is 5.69 Å². The van der Waals surface area contributed by atoms with E-state index in [-0.39, 0.29) is 25.0 Å². The van der Waals surface area contributed by atoms with Gasteiger partial charge in [-0.05, 0) is 29.6 Å². The van der Waals surface area contributed by atoms with Gasteiger partial charge < -0.3 is 10.1 Å². The fourth-order valence-corrected chi connectivity index (χ4v) is 4.42. The van der Waals surface area contributed by atoms with Crippen molar-refractivity contribution in [2.75, 3.05) is 30.3 Å². The Balaban J connectivity index is 1.47. The van der Waals surface area contributed by atoms with Crippen LogP contribution in [0.5, 0.6) is 5.75 Å². The van der Waals surface area contributed by atoms with Crippen LogP contribution in [-0.2, 0) is 15.3 Å². The van der Waals surface area contributed by atoms with Crippen LogP contribution in [0.3, 0.4) is 0 Å². The summed E-state index contributed by atoms with van der Waals surface area (Å²) in [7, 11) is 0. The van der Waals surface area contributed by atoms with Gasteiger partial charge in [-0.2, -0.15) is 11.8 Å². The number of anilines is 1. The molecule has 0 bridgehead atoms. The fraction of sp³-hybridized carbons (Fsp3) is 0.294. The van der Waals surface area contributed by atoms with Crippen LogP contribution in [-0.4, -0.2) is 37.3 Å². The van der Waals surface area contributed by atoms with E-state index in [2.05, 4.69) is 32.7 Å². The lowest BCUT2D eigenvalue weighted by Gasteiger charge is -2.29. The summed E-state index contributed by atoms with van der Waals surface area (Å²) in [6, 6.07) is 9.55. The number of hydrogen-bond donors (Lipinski definition) is 1. The van der Waals surface area contributed by atoms with E-state index >= 15 is 0 Å². The van der Waals surface area contributed by atoms with Gasteiger partial charge in [0.15, 0.2) is 6.61 Å². The van der Waals surface area contributed by atoms with Gasteiger partial charge >= 0.3 is 0 Å². The lowest BCUT2D eigenvalue weighted by molar-refractivity contribution is -0.125. The van der Waals surface area contributed by atoms with Crippen LogP contribution >= 0.6 is 39.0 Å². The lowest BCUT2D eigenvalue weighted by Crippen LogP contribution is -2.45. The molecule has 0 aliphatic carbocycles. The number of carbonyl (C=O) groups excluding carboxylic acids is 2. The van der Waals surface area contributed by atoms with Crippen molar-refractivity contribution >= 4 is 56.5 Å². The zero-order valence-corrected chi connectivity index (χ0v) is 16.6. The molecular weight excluding hydrogens is 424 g/mol. The molecule has 25 heavy (non-hydrogen) atoms. The summed E-state index contributed by atoms with van der Waals surface area (Å²) >= 11 is 6.89. The molecule has 2 heterocycles. The number of hydrogen-bond acceptors (Lipinski definition) is 5. The topological polar surface area (TPSA) is 58.6 Å². The number of halogens is 1. The van der Waals surface area contributed by atoms with Gasteiger partial charge in [-0.1, -0.05) is 22.0 Å². The predicted molar refractivity (Wildman–Crippen MR) is 105 cm³/mol. The summed E-state index contributed by atoms with van der Waals surface area (Å²) in [5.41, 5.74) is 0.627. The first-order valence-corrected chi connectivity index (χ1v) is 10.6. The summed E-state index contributed by atoms with van der Waals surface area (Å²) in [6.45, 7) is 0.542. The van der Waals surface area contributed by atoms with Crippen LogP contribution in [0.2, 0.25) is 0 Å². The van der Waals surface area contributed by atoms with Crippen LogP contribution in [0, 0.1) is 0 Å². The van der Waals surface area contributed by atoms with Gasteiger partial charge in [0.25, 0.3) is 5.91 Å². The van der Waals surface area contributed by atoms with E-state index in [0.717, 1.165) is 16.0 Å². The smallest absolute Gasteiger partial charge is 0.265 e. The van der Waals surface area contributed by atoms with E-state index in [0.29, 0.717) is 18.0 Å². The highest BCUT2D eigenvalue weighted by atomic mass is 79.9. The van der Waals surface area contributed by atoms with Crippen molar-refractivity contribution in [3.63, 3.8) is 0 Å². The van der Waals surface area contributed by atoms with E-state index in [4.69, 9.17) is 4.74 Å². The second-order valence-corrected chi connectivity index (χ2v) is 8.42. The fourth-order valence-electron chi connectivity index (χ4n) is 2.38. The number of amides is 2. The highest BCUT2D eigenvalue weighted by Gasteiger charge is 2.27. The number of fused-ring (bicyclic) bond motifs is 1. The standard InChI is InChI=1S/C17H17BrN2O3S2/c18-12-3-4-14-15(8-12)23-10-17(22)20(14)9-16(21)19-5-7-24-11-13-2-1-6-25-13/h1-4,6,8H,5,7,9-11H2,(H,19,21). The third kappa shape index (κ3) is 4.99. The maximum Gasteiger partial charge on any atom is 0.265 e. The molecular formula is C17H17BrN2O3S2. The van der Waals surface area contributed by atoms with Gasteiger partial charge in [0.05, 0.1) is 5.69 Å². The third-order valence-electron chi connectivity index (χ3n) is 3.56. The van der Waals surface area contributed by atoms with E-state index in [1.807, 2.05) is 12.1 Å². The summed E-state index contributed by atoms with van der Waals surface area (Å²) in [5, 5.41) is 4.94. The summed E-state index contributed by atoms with van der Waals surface area (Å²) in [5.74, 6) is 2.02. The van der Waals surface area contributed by atoms with Crippen molar-refractivity contribution in [2.24, 2.45) is 0 Å². The zero-order valence-electron chi connectivity index (χ0n) is 13.4. The molecule has 1 aromatic heterocycles. The van der Waals surface area contributed by atoms with Crippen molar-refractivity contribution in [1.29, 1.82) is 0 Å². The van der Waals surface area contributed by atoms with Crippen molar-refractivity contribution in [2.45, 2.75) is 5.75 Å². The molecule has 1 aromatic carbocycles. The Morgan fingerprint density at radius 1 is 1.40 bits per heavy atom. The average molecular weight is 441 g/mol. The number of carbonyl (C=O) groups is 2. The SMILES string of the molecule is O=C(CN1C(=O)COc2cc(Br)ccc21)NCCSCc1cccs1. The molecule has 0 atom stereocenters. The number of nitrogens with one attached hydrogen (secondary N) is 1. The lowest BCUT2D eigenvalue weighted by atomic mass is 10.2. The number of rotatable bonds is 7. The molecule has 5 nitrogen and oxygen atoms in total. The Hall–Kier alpha value is -1.51. The van der Waals surface area contributed by atoms with Crippen LogP contribution < -0.4 is 15.0 Å². The van der Waals surface area contributed by atoms with Gasteiger partial charge in [0.2, 0.25) is 5.91 Å². The molecule has 0 saturated heterocycles. The molecule has 2 amide bonds. The molecule has 0 fully saturated rings. The zero-order chi connectivity index (χ0) is 17.6. The molecule has 1 aliphatic rings.